The molecule has 7 heteroatoms. The molecular formula is C23H29IN6. The molecule has 1 aromatic carbocycles. The average molecular weight is 516 g/mol. The Labute approximate surface area is 195 Å². The van der Waals surface area contributed by atoms with Gasteiger partial charge in [0.15, 0.2) is 5.96 Å². The molecule has 0 bridgehead atoms. The summed E-state index contributed by atoms with van der Waals surface area (Å²) in [5.41, 5.74) is 2.53. The van der Waals surface area contributed by atoms with E-state index >= 15 is 0 Å². The number of imidazole rings is 1. The second-order valence-electron chi connectivity index (χ2n) is 7.52. The van der Waals surface area contributed by atoms with Gasteiger partial charge < -0.3 is 10.2 Å². The Kier molecular flexibility index (Phi) is 7.84. The first-order valence-electron chi connectivity index (χ1n) is 10.2. The Hall–Kier alpha value is -2.42. The largest absolute Gasteiger partial charge is 0.352 e. The molecule has 158 valence electrons. The van der Waals surface area contributed by atoms with E-state index in [1.54, 1.807) is 6.20 Å². The summed E-state index contributed by atoms with van der Waals surface area (Å²) in [4.78, 5) is 15.8. The van der Waals surface area contributed by atoms with Crippen molar-refractivity contribution in [2.24, 2.45) is 10.9 Å². The molecule has 0 radical (unpaired) electrons. The SMILES string of the molecule is CN=C(NCc1cccnc1-n1ccnc1C)N1CCC(Cc2ccccc2)C1.I. The van der Waals surface area contributed by atoms with E-state index < -0.39 is 0 Å². The van der Waals surface area contributed by atoms with E-state index in [1.165, 1.54) is 12.0 Å². The molecule has 1 saturated heterocycles. The number of nitrogens with one attached hydrogen (secondary N) is 1. The van der Waals surface area contributed by atoms with E-state index in [-0.39, 0.29) is 24.0 Å². The maximum absolute atomic E-state index is 4.57. The summed E-state index contributed by atoms with van der Waals surface area (Å²) in [6, 6.07) is 14.8. The second-order valence-corrected chi connectivity index (χ2v) is 7.52. The number of rotatable bonds is 5. The zero-order valence-corrected chi connectivity index (χ0v) is 19.9. The number of hydrogen-bond donors (Lipinski definition) is 1. The molecule has 1 atom stereocenters. The molecule has 3 heterocycles. The Balaban J connectivity index is 0.00000256. The third-order valence-corrected chi connectivity index (χ3v) is 5.52. The number of aliphatic imine (C=N–C) groups is 1. The maximum atomic E-state index is 4.57. The number of aryl methyl sites for hydroxylation is 1. The van der Waals surface area contributed by atoms with Crippen LogP contribution in [0.15, 0.2) is 66.0 Å². The molecule has 4 rings (SSSR count). The molecule has 6 nitrogen and oxygen atoms in total. The summed E-state index contributed by atoms with van der Waals surface area (Å²) in [6.07, 6.45) is 7.90. The topological polar surface area (TPSA) is 58.3 Å². The van der Waals surface area contributed by atoms with Gasteiger partial charge in [-0.15, -0.1) is 24.0 Å². The van der Waals surface area contributed by atoms with Gasteiger partial charge in [0.25, 0.3) is 0 Å². The van der Waals surface area contributed by atoms with Crippen LogP contribution in [0.3, 0.4) is 0 Å². The smallest absolute Gasteiger partial charge is 0.193 e. The van der Waals surface area contributed by atoms with Crippen molar-refractivity contribution in [2.45, 2.75) is 26.3 Å². The number of hydrogen-bond acceptors (Lipinski definition) is 3. The van der Waals surface area contributed by atoms with Gasteiger partial charge in [0.05, 0.1) is 0 Å². The molecule has 1 aliphatic rings. The summed E-state index contributed by atoms with van der Waals surface area (Å²) in [5.74, 6) is 3.46. The van der Waals surface area contributed by atoms with Gasteiger partial charge in [-0.25, -0.2) is 9.97 Å². The average Bonchev–Trinajstić information content (AvgIpc) is 3.39. The van der Waals surface area contributed by atoms with Crippen LogP contribution in [0.25, 0.3) is 5.82 Å². The molecule has 0 saturated carbocycles. The summed E-state index contributed by atoms with van der Waals surface area (Å²) < 4.78 is 2.02. The molecule has 30 heavy (non-hydrogen) atoms. The number of guanidine groups is 1. The first kappa shape index (κ1) is 22.3. The molecule has 0 aliphatic carbocycles. The van der Waals surface area contributed by atoms with Gasteiger partial charge in [0, 0.05) is 50.8 Å². The van der Waals surface area contributed by atoms with Crippen molar-refractivity contribution < 1.29 is 0 Å². The number of pyridine rings is 1. The number of halogens is 1. The fraction of sp³-hybridized carbons (Fsp3) is 0.348. The summed E-state index contributed by atoms with van der Waals surface area (Å²) >= 11 is 0. The van der Waals surface area contributed by atoms with Crippen molar-refractivity contribution >= 4 is 29.9 Å². The predicted octanol–water partition coefficient (Wildman–Crippen LogP) is 3.83. The zero-order valence-electron chi connectivity index (χ0n) is 17.5. The quantitative estimate of drug-likeness (QED) is 0.318. The van der Waals surface area contributed by atoms with Crippen LogP contribution in [0.2, 0.25) is 0 Å². The lowest BCUT2D eigenvalue weighted by Gasteiger charge is -2.22. The van der Waals surface area contributed by atoms with Crippen molar-refractivity contribution in [3.8, 4) is 5.82 Å². The first-order valence-corrected chi connectivity index (χ1v) is 10.2. The minimum atomic E-state index is 0. The molecule has 1 fully saturated rings. The Bertz CT molecular complexity index is 969. The lowest BCUT2D eigenvalue weighted by atomic mass is 9.99. The Morgan fingerprint density at radius 2 is 1.97 bits per heavy atom. The number of likely N-dealkylation sites (tertiary alicyclic amines) is 1. The molecule has 0 amide bonds. The highest BCUT2D eigenvalue weighted by Gasteiger charge is 2.25. The number of aromatic nitrogens is 3. The first-order chi connectivity index (χ1) is 14.2. The number of benzene rings is 1. The monoisotopic (exact) mass is 516 g/mol. The van der Waals surface area contributed by atoms with Crippen LogP contribution in [-0.2, 0) is 13.0 Å². The minimum Gasteiger partial charge on any atom is -0.352 e. The standard InChI is InChI=1S/C23H28N6.HI/c1-18-25-12-14-29(18)22-21(9-6-11-26-22)16-27-23(24-2)28-13-10-20(17-28)15-19-7-4-3-5-8-19;/h3-9,11-12,14,20H,10,13,15-17H2,1-2H3,(H,24,27);1H. The molecule has 2 aromatic heterocycles. The summed E-state index contributed by atoms with van der Waals surface area (Å²) in [7, 11) is 1.86. The fourth-order valence-corrected chi connectivity index (χ4v) is 4.03. The van der Waals surface area contributed by atoms with Crippen molar-refractivity contribution in [1.29, 1.82) is 0 Å². The lowest BCUT2D eigenvalue weighted by molar-refractivity contribution is 0.459. The Morgan fingerprint density at radius 3 is 2.70 bits per heavy atom. The Morgan fingerprint density at radius 1 is 1.13 bits per heavy atom. The highest BCUT2D eigenvalue weighted by Crippen LogP contribution is 2.21. The highest BCUT2D eigenvalue weighted by atomic mass is 127. The molecule has 0 spiro atoms. The van der Waals surface area contributed by atoms with Crippen LogP contribution in [0, 0.1) is 12.8 Å². The van der Waals surface area contributed by atoms with E-state index in [2.05, 4.69) is 61.6 Å². The van der Waals surface area contributed by atoms with Crippen LogP contribution >= 0.6 is 24.0 Å². The van der Waals surface area contributed by atoms with Gasteiger partial charge in [-0.1, -0.05) is 36.4 Å². The molecule has 1 unspecified atom stereocenters. The van der Waals surface area contributed by atoms with E-state index in [0.717, 1.165) is 42.7 Å². The van der Waals surface area contributed by atoms with Gasteiger partial charge >= 0.3 is 0 Å². The van der Waals surface area contributed by atoms with Crippen molar-refractivity contribution in [3.63, 3.8) is 0 Å². The molecular weight excluding hydrogens is 487 g/mol. The molecule has 1 N–H and O–H groups in total. The van der Waals surface area contributed by atoms with Gasteiger partial charge in [-0.3, -0.25) is 9.56 Å². The van der Waals surface area contributed by atoms with Crippen LogP contribution in [-0.4, -0.2) is 45.5 Å². The minimum absolute atomic E-state index is 0. The van der Waals surface area contributed by atoms with E-state index in [0.29, 0.717) is 12.5 Å². The predicted molar refractivity (Wildman–Crippen MR) is 132 cm³/mol. The van der Waals surface area contributed by atoms with Crippen LogP contribution < -0.4 is 5.32 Å². The second kappa shape index (κ2) is 10.6. The van der Waals surface area contributed by atoms with Gasteiger partial charge in [0.1, 0.15) is 11.6 Å². The maximum Gasteiger partial charge on any atom is 0.193 e. The molecule has 1 aliphatic heterocycles. The van der Waals surface area contributed by atoms with Crippen molar-refractivity contribution in [3.05, 3.63) is 78.0 Å². The third kappa shape index (κ3) is 5.19. The summed E-state index contributed by atoms with van der Waals surface area (Å²) in [5, 5.41) is 3.54. The number of nitrogens with zero attached hydrogens (tertiary/aromatic N) is 5. The van der Waals surface area contributed by atoms with Crippen LogP contribution in [0.5, 0.6) is 0 Å². The van der Waals surface area contributed by atoms with Crippen LogP contribution in [0.4, 0.5) is 0 Å². The van der Waals surface area contributed by atoms with E-state index in [4.69, 9.17) is 0 Å². The van der Waals surface area contributed by atoms with E-state index in [1.807, 2.05) is 37.0 Å². The highest BCUT2D eigenvalue weighted by molar-refractivity contribution is 14.0. The van der Waals surface area contributed by atoms with Crippen LogP contribution in [0.1, 0.15) is 23.4 Å². The third-order valence-electron chi connectivity index (χ3n) is 5.52. The van der Waals surface area contributed by atoms with Crippen molar-refractivity contribution in [1.82, 2.24) is 24.8 Å². The van der Waals surface area contributed by atoms with Gasteiger partial charge in [0.2, 0.25) is 0 Å². The van der Waals surface area contributed by atoms with Crippen molar-refractivity contribution in [2.75, 3.05) is 20.1 Å². The van der Waals surface area contributed by atoms with Gasteiger partial charge in [-0.05, 0) is 37.3 Å². The normalized spacial score (nSPS) is 16.4. The fourth-order valence-electron chi connectivity index (χ4n) is 4.03. The molecule has 3 aromatic rings. The van der Waals surface area contributed by atoms with E-state index in [9.17, 15) is 0 Å². The van der Waals surface area contributed by atoms with Gasteiger partial charge in [-0.2, -0.15) is 0 Å². The zero-order chi connectivity index (χ0) is 20.1. The summed E-state index contributed by atoms with van der Waals surface area (Å²) in [6.45, 7) is 4.74. The lowest BCUT2D eigenvalue weighted by Crippen LogP contribution is -2.40.